The molecule has 1 aromatic rings. The van der Waals surface area contributed by atoms with Gasteiger partial charge in [-0.3, -0.25) is 9.59 Å². The molecule has 0 aliphatic heterocycles. The van der Waals surface area contributed by atoms with E-state index in [0.29, 0.717) is 10.7 Å². The van der Waals surface area contributed by atoms with Crippen molar-refractivity contribution in [2.45, 2.75) is 25.7 Å². The maximum Gasteiger partial charge on any atom is 0.309 e. The van der Waals surface area contributed by atoms with Gasteiger partial charge in [-0.1, -0.05) is 47.6 Å². The van der Waals surface area contributed by atoms with Crippen LogP contribution in [0.15, 0.2) is 12.1 Å². The molecule has 0 bridgehead atoms. The highest BCUT2D eigenvalue weighted by atomic mass is 35.5. The lowest BCUT2D eigenvalue weighted by molar-refractivity contribution is -0.151. The van der Waals surface area contributed by atoms with Crippen molar-refractivity contribution in [2.24, 2.45) is 5.92 Å². The van der Waals surface area contributed by atoms with E-state index in [9.17, 15) is 9.59 Å². The van der Waals surface area contributed by atoms with E-state index in [2.05, 4.69) is 5.32 Å². The van der Waals surface area contributed by atoms with Crippen LogP contribution in [0, 0.1) is 5.92 Å². The lowest BCUT2D eigenvalue weighted by atomic mass is 10.1. The summed E-state index contributed by atoms with van der Waals surface area (Å²) in [6.07, 6.45) is 3.73. The second-order valence-electron chi connectivity index (χ2n) is 4.88. The Bertz CT molecular complexity index is 557. The van der Waals surface area contributed by atoms with Gasteiger partial charge < -0.3 is 10.1 Å². The van der Waals surface area contributed by atoms with Crippen LogP contribution in [0.1, 0.15) is 25.7 Å². The van der Waals surface area contributed by atoms with Crippen LogP contribution in [0.5, 0.6) is 0 Å². The molecule has 1 aromatic carbocycles. The zero-order valence-corrected chi connectivity index (χ0v) is 13.4. The van der Waals surface area contributed by atoms with Crippen molar-refractivity contribution in [3.63, 3.8) is 0 Å². The van der Waals surface area contributed by atoms with Gasteiger partial charge in [0.25, 0.3) is 5.91 Å². The molecule has 1 amide bonds. The first-order valence-electron chi connectivity index (χ1n) is 6.58. The van der Waals surface area contributed by atoms with E-state index in [1.54, 1.807) is 0 Å². The Balaban J connectivity index is 1.87. The average Bonchev–Trinajstić information content (AvgIpc) is 2.96. The summed E-state index contributed by atoms with van der Waals surface area (Å²) in [4.78, 5) is 23.5. The number of hydrogen-bond donors (Lipinski definition) is 1. The molecule has 7 heteroatoms. The van der Waals surface area contributed by atoms with Crippen LogP contribution in [0.2, 0.25) is 15.1 Å². The highest BCUT2D eigenvalue weighted by Crippen LogP contribution is 2.32. The number of ether oxygens (including phenoxy) is 1. The van der Waals surface area contributed by atoms with Gasteiger partial charge in [-0.15, -0.1) is 0 Å². The minimum Gasteiger partial charge on any atom is -0.455 e. The number of benzene rings is 1. The van der Waals surface area contributed by atoms with Crippen LogP contribution in [0.25, 0.3) is 0 Å². The molecule has 0 aromatic heterocycles. The number of carbonyl (C=O) groups excluding carboxylic acids is 2. The van der Waals surface area contributed by atoms with Gasteiger partial charge in [-0.25, -0.2) is 0 Å². The van der Waals surface area contributed by atoms with Crippen LogP contribution >= 0.6 is 34.8 Å². The zero-order valence-electron chi connectivity index (χ0n) is 11.1. The van der Waals surface area contributed by atoms with Gasteiger partial charge in [-0.2, -0.15) is 0 Å². The highest BCUT2D eigenvalue weighted by molar-refractivity contribution is 6.44. The summed E-state index contributed by atoms with van der Waals surface area (Å²) in [5, 5.41) is 3.37. The summed E-state index contributed by atoms with van der Waals surface area (Å²) >= 11 is 17.6. The molecule has 0 saturated heterocycles. The maximum absolute atomic E-state index is 11.8. The predicted octanol–water partition coefficient (Wildman–Crippen LogP) is 4.32. The van der Waals surface area contributed by atoms with Gasteiger partial charge in [0, 0.05) is 0 Å². The summed E-state index contributed by atoms with van der Waals surface area (Å²) in [7, 11) is 0. The topological polar surface area (TPSA) is 55.4 Å². The molecule has 1 N–H and O–H groups in total. The van der Waals surface area contributed by atoms with Gasteiger partial charge in [-0.05, 0) is 25.0 Å². The first kappa shape index (κ1) is 16.4. The molecule has 1 aliphatic rings. The fraction of sp³-hybridized carbons (Fsp3) is 0.429. The fourth-order valence-corrected chi connectivity index (χ4v) is 2.81. The van der Waals surface area contributed by atoms with Crippen molar-refractivity contribution in [1.29, 1.82) is 0 Å². The molecule has 1 fully saturated rings. The third-order valence-electron chi connectivity index (χ3n) is 3.32. The first-order chi connectivity index (χ1) is 9.97. The third kappa shape index (κ3) is 4.50. The monoisotopic (exact) mass is 349 g/mol. The molecule has 0 radical (unpaired) electrons. The summed E-state index contributed by atoms with van der Waals surface area (Å²) in [6.45, 7) is -0.341. The Morgan fingerprint density at radius 2 is 1.71 bits per heavy atom. The normalized spacial score (nSPS) is 15.0. The van der Waals surface area contributed by atoms with Gasteiger partial charge >= 0.3 is 5.97 Å². The lowest BCUT2D eigenvalue weighted by Crippen LogP contribution is -2.23. The summed E-state index contributed by atoms with van der Waals surface area (Å²) in [6, 6.07) is 2.88. The second-order valence-corrected chi connectivity index (χ2v) is 6.11. The van der Waals surface area contributed by atoms with Crippen LogP contribution < -0.4 is 5.32 Å². The third-order valence-corrected chi connectivity index (χ3v) is 4.35. The minimum atomic E-state index is -0.471. The van der Waals surface area contributed by atoms with Gasteiger partial charge in [0.05, 0.1) is 26.7 Å². The van der Waals surface area contributed by atoms with Crippen LogP contribution in [0.3, 0.4) is 0 Å². The average molecular weight is 351 g/mol. The second kappa shape index (κ2) is 7.34. The van der Waals surface area contributed by atoms with E-state index >= 15 is 0 Å². The summed E-state index contributed by atoms with van der Waals surface area (Å²) in [5.74, 6) is -0.865. The molecular formula is C14H14Cl3NO3. The molecule has 2 rings (SSSR count). The number of nitrogens with one attached hydrogen (secondary N) is 1. The highest BCUT2D eigenvalue weighted by Gasteiger charge is 2.24. The van der Waals surface area contributed by atoms with E-state index in [1.165, 1.54) is 12.1 Å². The van der Waals surface area contributed by atoms with Gasteiger partial charge in [0.15, 0.2) is 6.61 Å². The van der Waals surface area contributed by atoms with Gasteiger partial charge in [0.2, 0.25) is 0 Å². The maximum atomic E-state index is 11.8. The largest absolute Gasteiger partial charge is 0.455 e. The number of rotatable bonds is 4. The first-order valence-corrected chi connectivity index (χ1v) is 7.72. The fourth-order valence-electron chi connectivity index (χ4n) is 2.22. The molecular weight excluding hydrogens is 337 g/mol. The quantitative estimate of drug-likeness (QED) is 0.650. The molecule has 0 heterocycles. The summed E-state index contributed by atoms with van der Waals surface area (Å²) in [5.41, 5.74) is 0.327. The smallest absolute Gasteiger partial charge is 0.309 e. The Hall–Kier alpha value is -0.970. The van der Waals surface area contributed by atoms with Crippen LogP contribution in [0.4, 0.5) is 5.69 Å². The van der Waals surface area contributed by atoms with E-state index in [0.717, 1.165) is 25.7 Å². The van der Waals surface area contributed by atoms with Crippen molar-refractivity contribution >= 4 is 52.4 Å². The van der Waals surface area contributed by atoms with E-state index in [4.69, 9.17) is 39.5 Å². The summed E-state index contributed by atoms with van der Waals surface area (Å²) < 4.78 is 5.00. The van der Waals surface area contributed by atoms with E-state index in [1.807, 2.05) is 0 Å². The Labute approximate surface area is 137 Å². The van der Waals surface area contributed by atoms with Crippen molar-refractivity contribution in [1.82, 2.24) is 0 Å². The van der Waals surface area contributed by atoms with Gasteiger partial charge in [0.1, 0.15) is 0 Å². The molecule has 4 nitrogen and oxygen atoms in total. The van der Waals surface area contributed by atoms with Crippen LogP contribution in [-0.2, 0) is 14.3 Å². The molecule has 0 atom stereocenters. The number of esters is 1. The SMILES string of the molecule is O=C(COC(=O)C1CCCC1)Nc1cc(Cl)c(Cl)cc1Cl. The van der Waals surface area contributed by atoms with Crippen LogP contribution in [-0.4, -0.2) is 18.5 Å². The molecule has 0 spiro atoms. The lowest BCUT2D eigenvalue weighted by Gasteiger charge is -2.11. The van der Waals surface area contributed by atoms with E-state index in [-0.39, 0.29) is 28.5 Å². The number of halogens is 3. The predicted molar refractivity (Wildman–Crippen MR) is 83.0 cm³/mol. The van der Waals surface area contributed by atoms with E-state index < -0.39 is 5.91 Å². The van der Waals surface area contributed by atoms with Crippen molar-refractivity contribution in [2.75, 3.05) is 11.9 Å². The number of hydrogen-bond acceptors (Lipinski definition) is 3. The zero-order chi connectivity index (χ0) is 15.4. The molecule has 0 unspecified atom stereocenters. The molecule has 1 saturated carbocycles. The van der Waals surface area contributed by atoms with Crippen molar-refractivity contribution in [3.05, 3.63) is 27.2 Å². The molecule has 21 heavy (non-hydrogen) atoms. The molecule has 114 valence electrons. The number of amides is 1. The number of carbonyl (C=O) groups is 2. The van der Waals surface area contributed by atoms with Crippen molar-refractivity contribution in [3.8, 4) is 0 Å². The minimum absolute atomic E-state index is 0.0774. The Morgan fingerprint density at radius 3 is 2.38 bits per heavy atom. The Kier molecular flexibility index (Phi) is 5.73. The standard InChI is InChI=1S/C14H14Cl3NO3/c15-9-5-11(17)12(6-10(9)16)18-13(19)7-21-14(20)8-3-1-2-4-8/h5-6,8H,1-4,7H2,(H,18,19). The van der Waals surface area contributed by atoms with Crippen molar-refractivity contribution < 1.29 is 14.3 Å². The molecule has 1 aliphatic carbocycles. The number of anilines is 1. The Morgan fingerprint density at radius 1 is 1.10 bits per heavy atom.